The SMILES string of the molecule is C=C/C(C)=C(/N)C(=C)C(C)CC. The third-order valence-electron chi connectivity index (χ3n) is 2.28. The van der Waals surface area contributed by atoms with Gasteiger partial charge in [-0.15, -0.1) is 0 Å². The molecular formula is C11H19N. The Bertz CT molecular complexity index is 211. The van der Waals surface area contributed by atoms with E-state index in [-0.39, 0.29) is 0 Å². The van der Waals surface area contributed by atoms with E-state index in [9.17, 15) is 0 Å². The first kappa shape index (κ1) is 11.0. The minimum atomic E-state index is 0.458. The van der Waals surface area contributed by atoms with Crippen LogP contribution in [0.1, 0.15) is 27.2 Å². The summed E-state index contributed by atoms with van der Waals surface area (Å²) in [5.74, 6) is 0.458. The van der Waals surface area contributed by atoms with Crippen molar-refractivity contribution < 1.29 is 0 Å². The maximum atomic E-state index is 5.86. The topological polar surface area (TPSA) is 26.0 Å². The van der Waals surface area contributed by atoms with Gasteiger partial charge in [-0.3, -0.25) is 0 Å². The molecule has 1 unspecified atom stereocenters. The smallest absolute Gasteiger partial charge is 0.0372 e. The van der Waals surface area contributed by atoms with Gasteiger partial charge in [0.05, 0.1) is 0 Å². The van der Waals surface area contributed by atoms with Crippen LogP contribution in [0.4, 0.5) is 0 Å². The van der Waals surface area contributed by atoms with Crippen molar-refractivity contribution in [3.05, 3.63) is 36.1 Å². The van der Waals surface area contributed by atoms with E-state index in [2.05, 4.69) is 27.0 Å². The van der Waals surface area contributed by atoms with Gasteiger partial charge in [0.1, 0.15) is 0 Å². The molecular weight excluding hydrogens is 146 g/mol. The van der Waals surface area contributed by atoms with E-state index < -0.39 is 0 Å². The van der Waals surface area contributed by atoms with Gasteiger partial charge in [-0.25, -0.2) is 0 Å². The van der Waals surface area contributed by atoms with Crippen LogP contribution in [-0.4, -0.2) is 0 Å². The molecule has 1 nitrogen and oxygen atoms in total. The summed E-state index contributed by atoms with van der Waals surface area (Å²) < 4.78 is 0. The summed E-state index contributed by atoms with van der Waals surface area (Å²) >= 11 is 0. The van der Waals surface area contributed by atoms with Crippen molar-refractivity contribution in [2.75, 3.05) is 0 Å². The van der Waals surface area contributed by atoms with E-state index in [1.807, 2.05) is 6.92 Å². The highest BCUT2D eigenvalue weighted by atomic mass is 14.6. The molecule has 0 bridgehead atoms. The van der Waals surface area contributed by atoms with Gasteiger partial charge in [0.2, 0.25) is 0 Å². The van der Waals surface area contributed by atoms with Crippen LogP contribution in [-0.2, 0) is 0 Å². The van der Waals surface area contributed by atoms with E-state index in [1.165, 1.54) is 0 Å². The van der Waals surface area contributed by atoms with Gasteiger partial charge in [0, 0.05) is 5.70 Å². The zero-order valence-corrected chi connectivity index (χ0v) is 8.35. The summed E-state index contributed by atoms with van der Waals surface area (Å²) in [6.45, 7) is 13.9. The molecule has 0 aromatic carbocycles. The van der Waals surface area contributed by atoms with Crippen molar-refractivity contribution in [2.24, 2.45) is 11.7 Å². The molecule has 0 spiro atoms. The first-order valence-electron chi connectivity index (χ1n) is 4.32. The van der Waals surface area contributed by atoms with Crippen LogP contribution in [0.5, 0.6) is 0 Å². The van der Waals surface area contributed by atoms with E-state index >= 15 is 0 Å². The monoisotopic (exact) mass is 165 g/mol. The molecule has 0 heterocycles. The molecule has 0 saturated heterocycles. The van der Waals surface area contributed by atoms with Crippen molar-refractivity contribution in [3.8, 4) is 0 Å². The Morgan fingerprint density at radius 1 is 1.58 bits per heavy atom. The molecule has 2 N–H and O–H groups in total. The molecule has 68 valence electrons. The zero-order valence-electron chi connectivity index (χ0n) is 8.35. The molecule has 0 aromatic rings. The fourth-order valence-corrected chi connectivity index (χ4v) is 0.875. The Labute approximate surface area is 75.7 Å². The minimum Gasteiger partial charge on any atom is -0.398 e. The lowest BCUT2D eigenvalue weighted by Gasteiger charge is -2.14. The normalized spacial score (nSPS) is 14.9. The molecule has 0 saturated carbocycles. The summed E-state index contributed by atoms with van der Waals surface area (Å²) in [5, 5.41) is 0. The average Bonchev–Trinajstić information content (AvgIpc) is 2.12. The van der Waals surface area contributed by atoms with Crippen LogP contribution in [0.2, 0.25) is 0 Å². The molecule has 1 atom stereocenters. The number of allylic oxidation sites excluding steroid dienone is 3. The number of rotatable bonds is 4. The second-order valence-electron chi connectivity index (χ2n) is 3.14. The summed E-state index contributed by atoms with van der Waals surface area (Å²) in [6, 6.07) is 0. The van der Waals surface area contributed by atoms with Crippen molar-refractivity contribution in [1.29, 1.82) is 0 Å². The summed E-state index contributed by atoms with van der Waals surface area (Å²) in [7, 11) is 0. The standard InChI is InChI=1S/C11H19N/c1-6-8(3)10(5)11(12)9(4)7-2/h7-8H,2,5-6,12H2,1,3-4H3/b11-9+. The Kier molecular flexibility index (Phi) is 4.42. The molecule has 0 fully saturated rings. The quantitative estimate of drug-likeness (QED) is 0.637. The summed E-state index contributed by atoms with van der Waals surface area (Å²) in [6.07, 6.45) is 2.84. The van der Waals surface area contributed by atoms with Gasteiger partial charge in [0.15, 0.2) is 0 Å². The predicted molar refractivity (Wildman–Crippen MR) is 55.7 cm³/mol. The zero-order chi connectivity index (χ0) is 9.72. The summed E-state index contributed by atoms with van der Waals surface area (Å²) in [5.41, 5.74) is 8.68. The average molecular weight is 165 g/mol. The maximum absolute atomic E-state index is 5.86. The van der Waals surface area contributed by atoms with E-state index in [0.29, 0.717) is 5.92 Å². The third-order valence-corrected chi connectivity index (χ3v) is 2.28. The first-order chi connectivity index (χ1) is 5.54. The van der Waals surface area contributed by atoms with Crippen molar-refractivity contribution >= 4 is 0 Å². The maximum Gasteiger partial charge on any atom is 0.0372 e. The van der Waals surface area contributed by atoms with E-state index in [1.54, 1.807) is 6.08 Å². The summed E-state index contributed by atoms with van der Waals surface area (Å²) in [4.78, 5) is 0. The molecule has 0 rings (SSSR count). The van der Waals surface area contributed by atoms with Gasteiger partial charge >= 0.3 is 0 Å². The Morgan fingerprint density at radius 3 is 2.42 bits per heavy atom. The van der Waals surface area contributed by atoms with Crippen LogP contribution in [0.3, 0.4) is 0 Å². The van der Waals surface area contributed by atoms with Gasteiger partial charge in [0.25, 0.3) is 0 Å². The Hall–Kier alpha value is -0.980. The molecule has 0 aromatic heterocycles. The van der Waals surface area contributed by atoms with Crippen LogP contribution >= 0.6 is 0 Å². The second kappa shape index (κ2) is 4.81. The van der Waals surface area contributed by atoms with Crippen molar-refractivity contribution in [2.45, 2.75) is 27.2 Å². The molecule has 0 radical (unpaired) electrons. The second-order valence-corrected chi connectivity index (χ2v) is 3.14. The van der Waals surface area contributed by atoms with E-state index in [0.717, 1.165) is 23.3 Å². The lowest BCUT2D eigenvalue weighted by Crippen LogP contribution is -2.08. The van der Waals surface area contributed by atoms with E-state index in [4.69, 9.17) is 5.73 Å². The Morgan fingerprint density at radius 2 is 2.08 bits per heavy atom. The molecule has 0 aliphatic heterocycles. The molecule has 1 heteroatoms. The van der Waals surface area contributed by atoms with Crippen LogP contribution in [0.25, 0.3) is 0 Å². The van der Waals surface area contributed by atoms with Crippen LogP contribution < -0.4 is 5.73 Å². The number of hydrogen-bond acceptors (Lipinski definition) is 1. The van der Waals surface area contributed by atoms with Crippen LogP contribution in [0.15, 0.2) is 36.1 Å². The molecule has 0 amide bonds. The predicted octanol–water partition coefficient (Wildman–Crippen LogP) is 3.01. The molecule has 12 heavy (non-hydrogen) atoms. The fourth-order valence-electron chi connectivity index (χ4n) is 0.875. The fraction of sp³-hybridized carbons (Fsp3) is 0.455. The van der Waals surface area contributed by atoms with Crippen molar-refractivity contribution in [3.63, 3.8) is 0 Å². The minimum absolute atomic E-state index is 0.458. The van der Waals surface area contributed by atoms with Gasteiger partial charge in [-0.2, -0.15) is 0 Å². The largest absolute Gasteiger partial charge is 0.398 e. The van der Waals surface area contributed by atoms with Crippen molar-refractivity contribution in [1.82, 2.24) is 0 Å². The van der Waals surface area contributed by atoms with Gasteiger partial charge in [-0.05, 0) is 30.4 Å². The molecule has 0 aliphatic carbocycles. The molecule has 0 aliphatic rings. The lowest BCUT2D eigenvalue weighted by atomic mass is 9.95. The number of hydrogen-bond donors (Lipinski definition) is 1. The number of nitrogens with two attached hydrogens (primary N) is 1. The highest BCUT2D eigenvalue weighted by Crippen LogP contribution is 2.19. The highest BCUT2D eigenvalue weighted by molar-refractivity contribution is 5.35. The lowest BCUT2D eigenvalue weighted by molar-refractivity contribution is 0.661. The highest BCUT2D eigenvalue weighted by Gasteiger charge is 2.07. The third kappa shape index (κ3) is 2.57. The first-order valence-corrected chi connectivity index (χ1v) is 4.32. The Balaban J connectivity index is 4.59. The van der Waals surface area contributed by atoms with Crippen LogP contribution in [0, 0.1) is 5.92 Å². The van der Waals surface area contributed by atoms with Gasteiger partial charge in [-0.1, -0.05) is 33.1 Å². The van der Waals surface area contributed by atoms with Gasteiger partial charge < -0.3 is 5.73 Å².